The van der Waals surface area contributed by atoms with Crippen molar-refractivity contribution in [1.29, 1.82) is 5.26 Å². The Labute approximate surface area is 219 Å². The first kappa shape index (κ1) is 25.2. The van der Waals surface area contributed by atoms with Crippen LogP contribution in [0.1, 0.15) is 29.9 Å². The zero-order chi connectivity index (χ0) is 27.0. The summed E-state index contributed by atoms with van der Waals surface area (Å²) in [5.41, 5.74) is 6.77. The molecule has 0 saturated heterocycles. The Morgan fingerprint density at radius 3 is 2.58 bits per heavy atom. The van der Waals surface area contributed by atoms with Gasteiger partial charge >= 0.3 is 12.1 Å². The van der Waals surface area contributed by atoms with Gasteiger partial charge in [-0.05, 0) is 43.0 Å². The molecule has 3 aromatic rings. The molecule has 2 N–H and O–H groups in total. The second kappa shape index (κ2) is 9.79. The topological polar surface area (TPSA) is 105 Å². The van der Waals surface area contributed by atoms with Crippen LogP contribution in [-0.4, -0.2) is 22.6 Å². The summed E-state index contributed by atoms with van der Waals surface area (Å²) in [7, 11) is 0. The monoisotopic (exact) mass is 536 g/mol. The summed E-state index contributed by atoms with van der Waals surface area (Å²) in [6.07, 6.45) is -4.52. The molecule has 1 atom stereocenters. The van der Waals surface area contributed by atoms with Crippen molar-refractivity contribution in [2.45, 2.75) is 19.1 Å². The number of amidine groups is 1. The van der Waals surface area contributed by atoms with E-state index in [1.165, 1.54) is 23.1 Å². The third kappa shape index (κ3) is 4.43. The average Bonchev–Trinajstić information content (AvgIpc) is 3.53. The number of rotatable bonds is 5. The number of hydrogen-bond donors (Lipinski definition) is 1. The number of nitrogens with two attached hydrogens (primary N) is 1. The van der Waals surface area contributed by atoms with Crippen molar-refractivity contribution in [2.24, 2.45) is 10.7 Å². The minimum atomic E-state index is -4.52. The number of esters is 1. The first-order valence-electron chi connectivity index (χ1n) is 11.4. The highest BCUT2D eigenvalue weighted by atomic mass is 32.2. The van der Waals surface area contributed by atoms with E-state index in [2.05, 4.69) is 4.99 Å². The molecule has 1 aromatic heterocycles. The minimum Gasteiger partial charge on any atom is -0.463 e. The SMILES string of the molecule is CCOC(=O)C1=C(c2ccccc2)N=C2SC(C#N)=C(N)N2[C@H]1c1ccc(-c2cccc(C(F)(F)F)c2)o1. The Hall–Kier alpha value is -4.43. The molecule has 2 aliphatic rings. The number of carbonyl (C=O) groups excluding carboxylic acids is 1. The number of hydrogen-bond acceptors (Lipinski definition) is 8. The molecule has 38 heavy (non-hydrogen) atoms. The van der Waals surface area contributed by atoms with E-state index in [0.29, 0.717) is 16.4 Å². The van der Waals surface area contributed by atoms with Gasteiger partial charge in [0, 0.05) is 11.1 Å². The fraction of sp³-hybridized carbons (Fsp3) is 0.148. The summed E-state index contributed by atoms with van der Waals surface area (Å²) in [5.74, 6) is -0.217. The second-order valence-electron chi connectivity index (χ2n) is 8.22. The number of furan rings is 1. The van der Waals surface area contributed by atoms with Gasteiger partial charge in [0.25, 0.3) is 0 Å². The summed E-state index contributed by atoms with van der Waals surface area (Å²) >= 11 is 1.05. The van der Waals surface area contributed by atoms with Crippen LogP contribution in [0.3, 0.4) is 0 Å². The van der Waals surface area contributed by atoms with E-state index in [9.17, 15) is 23.2 Å². The Balaban J connectivity index is 1.70. The number of fused-ring (bicyclic) bond motifs is 1. The highest BCUT2D eigenvalue weighted by molar-refractivity contribution is 8.17. The first-order valence-corrected chi connectivity index (χ1v) is 12.2. The molecule has 5 rings (SSSR count). The van der Waals surface area contributed by atoms with Crippen molar-refractivity contribution >= 4 is 28.6 Å². The maximum absolute atomic E-state index is 13.4. The predicted molar refractivity (Wildman–Crippen MR) is 136 cm³/mol. The van der Waals surface area contributed by atoms with E-state index in [1.807, 2.05) is 12.1 Å². The molecule has 0 unspecified atom stereocenters. The van der Waals surface area contributed by atoms with Crippen LogP contribution in [0.4, 0.5) is 13.2 Å². The van der Waals surface area contributed by atoms with E-state index < -0.39 is 23.8 Å². The first-order chi connectivity index (χ1) is 18.2. The largest absolute Gasteiger partial charge is 0.463 e. The van der Waals surface area contributed by atoms with E-state index in [0.717, 1.165) is 23.9 Å². The number of aliphatic imine (C=N–C) groups is 1. The fourth-order valence-corrected chi connectivity index (χ4v) is 5.10. The van der Waals surface area contributed by atoms with Gasteiger partial charge in [-0.25, -0.2) is 9.79 Å². The number of benzene rings is 2. The molecule has 0 fully saturated rings. The Bertz CT molecular complexity index is 1550. The van der Waals surface area contributed by atoms with E-state index >= 15 is 0 Å². The van der Waals surface area contributed by atoms with Crippen LogP contribution in [0.15, 0.2) is 92.4 Å². The molecule has 11 heteroatoms. The quantitative estimate of drug-likeness (QED) is 0.396. The summed E-state index contributed by atoms with van der Waals surface area (Å²) in [4.78, 5) is 19.7. The minimum absolute atomic E-state index is 0.0761. The zero-order valence-electron chi connectivity index (χ0n) is 19.8. The lowest BCUT2D eigenvalue weighted by Crippen LogP contribution is -2.38. The Morgan fingerprint density at radius 1 is 1.16 bits per heavy atom. The molecule has 0 amide bonds. The Morgan fingerprint density at radius 2 is 1.89 bits per heavy atom. The number of halogens is 3. The van der Waals surface area contributed by atoms with Gasteiger partial charge in [0.2, 0.25) is 0 Å². The summed E-state index contributed by atoms with van der Waals surface area (Å²) in [5, 5.41) is 9.97. The van der Waals surface area contributed by atoms with Gasteiger partial charge in [-0.3, -0.25) is 4.90 Å². The molecule has 7 nitrogen and oxygen atoms in total. The summed E-state index contributed by atoms with van der Waals surface area (Å²) in [6, 6.07) is 17.9. The van der Waals surface area contributed by atoms with Crippen LogP contribution >= 0.6 is 11.8 Å². The standard InChI is InChI=1S/C27H19F3N4O3S/c1-2-36-25(35)21-22(15-7-4-3-5-8-15)33-26-34(24(32)20(14-31)38-26)23(21)19-12-11-18(37-19)16-9-6-10-17(13-16)27(28,29)30/h3-13,23H,2,32H2,1H3/t23-/m0/s1. The van der Waals surface area contributed by atoms with Crippen LogP contribution in [0.25, 0.3) is 17.0 Å². The molecule has 0 aliphatic carbocycles. The highest BCUT2D eigenvalue weighted by Gasteiger charge is 2.45. The van der Waals surface area contributed by atoms with Crippen LogP contribution in [0.2, 0.25) is 0 Å². The van der Waals surface area contributed by atoms with Crippen LogP contribution in [0, 0.1) is 11.3 Å². The summed E-state index contributed by atoms with van der Waals surface area (Å²) < 4.78 is 51.4. The van der Waals surface area contributed by atoms with Crippen molar-refractivity contribution in [1.82, 2.24) is 4.90 Å². The van der Waals surface area contributed by atoms with Crippen molar-refractivity contribution in [3.63, 3.8) is 0 Å². The van der Waals surface area contributed by atoms with Crippen molar-refractivity contribution < 1.29 is 27.1 Å². The molecule has 2 aliphatic heterocycles. The number of ether oxygens (including phenoxy) is 1. The van der Waals surface area contributed by atoms with Gasteiger partial charge in [-0.15, -0.1) is 0 Å². The van der Waals surface area contributed by atoms with Crippen LogP contribution < -0.4 is 5.73 Å². The smallest absolute Gasteiger partial charge is 0.416 e. The summed E-state index contributed by atoms with van der Waals surface area (Å²) in [6.45, 7) is 1.75. The number of allylic oxidation sites excluding steroid dienone is 1. The molecule has 192 valence electrons. The van der Waals surface area contributed by atoms with Crippen molar-refractivity contribution in [2.75, 3.05) is 6.61 Å². The molecular formula is C27H19F3N4O3S. The number of nitrogens with zero attached hydrogens (tertiary/aromatic N) is 3. The molecule has 3 heterocycles. The van der Waals surface area contributed by atoms with Crippen molar-refractivity contribution in [3.8, 4) is 17.4 Å². The second-order valence-corrected chi connectivity index (χ2v) is 9.20. The van der Waals surface area contributed by atoms with Gasteiger partial charge < -0.3 is 14.9 Å². The third-order valence-electron chi connectivity index (χ3n) is 5.90. The maximum atomic E-state index is 13.4. The third-order valence-corrected chi connectivity index (χ3v) is 6.88. The van der Waals surface area contributed by atoms with Gasteiger partial charge in [0.15, 0.2) is 5.17 Å². The molecule has 0 saturated carbocycles. The molecule has 2 aromatic carbocycles. The molecule has 0 bridgehead atoms. The highest BCUT2D eigenvalue weighted by Crippen LogP contribution is 2.48. The number of alkyl halides is 3. The lowest BCUT2D eigenvalue weighted by Gasteiger charge is -2.33. The van der Waals surface area contributed by atoms with E-state index in [1.54, 1.807) is 37.3 Å². The molecule has 0 radical (unpaired) electrons. The normalized spacial score (nSPS) is 17.3. The number of thioether (sulfide) groups is 1. The average molecular weight is 537 g/mol. The van der Waals surface area contributed by atoms with Gasteiger partial charge in [-0.2, -0.15) is 18.4 Å². The number of carbonyl (C=O) groups is 1. The van der Waals surface area contributed by atoms with Gasteiger partial charge in [-0.1, -0.05) is 42.5 Å². The fourth-order valence-electron chi connectivity index (χ4n) is 4.23. The molecule has 0 spiro atoms. The van der Waals surface area contributed by atoms with Crippen LogP contribution in [-0.2, 0) is 15.7 Å². The maximum Gasteiger partial charge on any atom is 0.416 e. The lowest BCUT2D eigenvalue weighted by molar-refractivity contribution is -0.139. The lowest BCUT2D eigenvalue weighted by atomic mass is 9.96. The van der Waals surface area contributed by atoms with E-state index in [-0.39, 0.29) is 40.0 Å². The Kier molecular flexibility index (Phi) is 6.50. The van der Waals surface area contributed by atoms with Gasteiger partial charge in [0.05, 0.1) is 23.4 Å². The van der Waals surface area contributed by atoms with E-state index in [4.69, 9.17) is 14.9 Å². The predicted octanol–water partition coefficient (Wildman–Crippen LogP) is 6.05. The molecular weight excluding hydrogens is 517 g/mol. The van der Waals surface area contributed by atoms with Gasteiger partial charge in [0.1, 0.15) is 34.4 Å². The van der Waals surface area contributed by atoms with Crippen molar-refractivity contribution in [3.05, 3.63) is 99.9 Å². The van der Waals surface area contributed by atoms with Crippen LogP contribution in [0.5, 0.6) is 0 Å². The number of nitriles is 1. The zero-order valence-corrected chi connectivity index (χ0v) is 20.6.